The third kappa shape index (κ3) is 3.00. The fourth-order valence-electron chi connectivity index (χ4n) is 3.41. The van der Waals surface area contributed by atoms with Crippen molar-refractivity contribution in [2.75, 3.05) is 0 Å². The summed E-state index contributed by atoms with van der Waals surface area (Å²) in [5.74, 6) is -0.484. The Morgan fingerprint density at radius 1 is 1.24 bits per heavy atom. The van der Waals surface area contributed by atoms with Crippen LogP contribution in [0.25, 0.3) is 5.69 Å². The van der Waals surface area contributed by atoms with Gasteiger partial charge in [0.15, 0.2) is 11.4 Å². The van der Waals surface area contributed by atoms with Gasteiger partial charge in [-0.05, 0) is 31.4 Å². The summed E-state index contributed by atoms with van der Waals surface area (Å²) in [4.78, 5) is 16.7. The highest BCUT2D eigenvalue weighted by atomic mass is 16.3. The highest BCUT2D eigenvalue weighted by Gasteiger charge is 2.31. The van der Waals surface area contributed by atoms with Crippen LogP contribution >= 0.6 is 0 Å². The highest BCUT2D eigenvalue weighted by Crippen LogP contribution is 2.30. The van der Waals surface area contributed by atoms with Crippen LogP contribution < -0.4 is 5.32 Å². The van der Waals surface area contributed by atoms with E-state index in [9.17, 15) is 9.90 Å². The summed E-state index contributed by atoms with van der Waals surface area (Å²) in [6.07, 6.45) is 9.81. The number of hydrogen-bond acceptors (Lipinski definition) is 4. The lowest BCUT2D eigenvalue weighted by atomic mass is 10.1. The van der Waals surface area contributed by atoms with Gasteiger partial charge in [0.1, 0.15) is 0 Å². The van der Waals surface area contributed by atoms with Crippen molar-refractivity contribution in [3.63, 3.8) is 0 Å². The van der Waals surface area contributed by atoms with Crippen LogP contribution in [0.5, 0.6) is 5.75 Å². The summed E-state index contributed by atoms with van der Waals surface area (Å²) in [7, 11) is 0. The minimum Gasteiger partial charge on any atom is -0.504 e. The van der Waals surface area contributed by atoms with E-state index in [1.807, 2.05) is 41.1 Å². The lowest BCUT2D eigenvalue weighted by Gasteiger charge is -2.21. The van der Waals surface area contributed by atoms with Crippen LogP contribution in [0.15, 0.2) is 55.2 Å². The molecule has 4 rings (SSSR count). The Labute approximate surface area is 144 Å². The number of rotatable bonds is 4. The van der Waals surface area contributed by atoms with Crippen molar-refractivity contribution < 1.29 is 9.90 Å². The zero-order valence-electron chi connectivity index (χ0n) is 13.6. The average molecular weight is 337 g/mol. The molecule has 1 aromatic carbocycles. The topological polar surface area (TPSA) is 85.0 Å². The molecule has 3 aromatic rings. The Balaban J connectivity index is 1.52. The fourth-order valence-corrected chi connectivity index (χ4v) is 3.41. The van der Waals surface area contributed by atoms with Gasteiger partial charge in [0.25, 0.3) is 5.91 Å². The van der Waals surface area contributed by atoms with E-state index in [1.54, 1.807) is 12.5 Å². The predicted molar refractivity (Wildman–Crippen MR) is 91.6 cm³/mol. The summed E-state index contributed by atoms with van der Waals surface area (Å²) in [6, 6.07) is 9.56. The molecule has 1 amide bonds. The van der Waals surface area contributed by atoms with E-state index in [0.717, 1.165) is 24.9 Å². The molecule has 2 atom stereocenters. The summed E-state index contributed by atoms with van der Waals surface area (Å²) in [5, 5.41) is 17.4. The standard InChI is InChI=1S/C18H19N5O2/c24-16-11-23(13-5-2-1-3-6-13)21-17(16)18(25)20-14-7-4-8-15(14)22-10-9-19-12-22/h1-3,5-6,9-12,14-15,24H,4,7-8H2,(H,20,25)/t14-,15+/m0/s1. The third-order valence-electron chi connectivity index (χ3n) is 4.63. The molecular formula is C18H19N5O2. The Kier molecular flexibility index (Phi) is 3.97. The first-order chi connectivity index (χ1) is 12.2. The van der Waals surface area contributed by atoms with Gasteiger partial charge in [0.2, 0.25) is 0 Å². The molecule has 1 aliphatic carbocycles. The summed E-state index contributed by atoms with van der Waals surface area (Å²) < 4.78 is 3.53. The Hall–Kier alpha value is -3.09. The number of amides is 1. The van der Waals surface area contributed by atoms with Gasteiger partial charge in [-0.25, -0.2) is 9.67 Å². The molecule has 7 heteroatoms. The average Bonchev–Trinajstić information content (AvgIpc) is 3.35. The molecule has 2 N–H and O–H groups in total. The van der Waals surface area contributed by atoms with Crippen molar-refractivity contribution in [3.8, 4) is 11.4 Å². The molecule has 2 heterocycles. The van der Waals surface area contributed by atoms with Crippen molar-refractivity contribution >= 4 is 5.91 Å². The van der Waals surface area contributed by atoms with Crippen LogP contribution in [0.2, 0.25) is 0 Å². The van der Waals surface area contributed by atoms with Gasteiger partial charge >= 0.3 is 0 Å². The maximum atomic E-state index is 12.6. The second-order valence-electron chi connectivity index (χ2n) is 6.23. The Morgan fingerprint density at radius 3 is 2.84 bits per heavy atom. The van der Waals surface area contributed by atoms with Gasteiger partial charge in [-0.1, -0.05) is 18.2 Å². The first-order valence-corrected chi connectivity index (χ1v) is 8.35. The molecule has 0 aliphatic heterocycles. The number of nitrogens with zero attached hydrogens (tertiary/aromatic N) is 4. The minimum absolute atomic E-state index is 0.00275. The number of benzene rings is 1. The lowest BCUT2D eigenvalue weighted by molar-refractivity contribution is 0.0920. The predicted octanol–water partition coefficient (Wildman–Crippen LogP) is 2.30. The zero-order valence-corrected chi connectivity index (χ0v) is 13.6. The molecule has 0 saturated heterocycles. The number of aromatic hydroxyl groups is 1. The first-order valence-electron chi connectivity index (χ1n) is 8.35. The molecule has 0 spiro atoms. The molecule has 1 fully saturated rings. The molecule has 7 nitrogen and oxygen atoms in total. The van der Waals surface area contributed by atoms with E-state index < -0.39 is 0 Å². The van der Waals surface area contributed by atoms with E-state index in [-0.39, 0.29) is 29.4 Å². The molecule has 1 aliphatic rings. The second kappa shape index (κ2) is 6.43. The first kappa shape index (κ1) is 15.4. The minimum atomic E-state index is -0.357. The van der Waals surface area contributed by atoms with Crippen molar-refractivity contribution in [2.45, 2.75) is 31.3 Å². The zero-order chi connectivity index (χ0) is 17.2. The van der Waals surface area contributed by atoms with Crippen molar-refractivity contribution in [1.82, 2.24) is 24.6 Å². The molecule has 128 valence electrons. The van der Waals surface area contributed by atoms with Crippen LogP contribution in [0, 0.1) is 0 Å². The third-order valence-corrected chi connectivity index (χ3v) is 4.63. The van der Waals surface area contributed by atoms with Gasteiger partial charge in [-0.2, -0.15) is 5.10 Å². The van der Waals surface area contributed by atoms with E-state index in [0.29, 0.717) is 0 Å². The normalized spacial score (nSPS) is 19.8. The molecule has 25 heavy (non-hydrogen) atoms. The van der Waals surface area contributed by atoms with Gasteiger partial charge in [-0.15, -0.1) is 0 Å². The number of imidazole rings is 1. The number of aromatic nitrogens is 4. The summed E-state index contributed by atoms with van der Waals surface area (Å²) in [5.41, 5.74) is 0.828. The summed E-state index contributed by atoms with van der Waals surface area (Å²) >= 11 is 0. The van der Waals surface area contributed by atoms with E-state index in [4.69, 9.17) is 0 Å². The van der Waals surface area contributed by atoms with Crippen molar-refractivity contribution in [3.05, 3.63) is 60.9 Å². The smallest absolute Gasteiger partial charge is 0.275 e. The van der Waals surface area contributed by atoms with Crippen LogP contribution in [0.4, 0.5) is 0 Å². The van der Waals surface area contributed by atoms with Crippen LogP contribution in [-0.4, -0.2) is 36.4 Å². The molecular weight excluding hydrogens is 318 g/mol. The number of carbonyl (C=O) groups is 1. The second-order valence-corrected chi connectivity index (χ2v) is 6.23. The maximum Gasteiger partial charge on any atom is 0.275 e. The maximum absolute atomic E-state index is 12.6. The lowest BCUT2D eigenvalue weighted by Crippen LogP contribution is -2.38. The Bertz CT molecular complexity index is 857. The monoisotopic (exact) mass is 337 g/mol. The van der Waals surface area contributed by atoms with Gasteiger partial charge in [-0.3, -0.25) is 4.79 Å². The molecule has 0 radical (unpaired) electrons. The van der Waals surface area contributed by atoms with Gasteiger partial charge in [0, 0.05) is 18.4 Å². The Morgan fingerprint density at radius 2 is 2.08 bits per heavy atom. The SMILES string of the molecule is O=C(N[C@H]1CCC[C@H]1n1ccnc1)c1nn(-c2ccccc2)cc1O. The van der Waals surface area contributed by atoms with Crippen LogP contribution in [0.1, 0.15) is 35.8 Å². The number of carbonyl (C=O) groups excluding carboxylic acids is 1. The van der Waals surface area contributed by atoms with Gasteiger partial charge in [0.05, 0.1) is 24.3 Å². The van der Waals surface area contributed by atoms with Crippen molar-refractivity contribution in [1.29, 1.82) is 0 Å². The molecule has 2 aromatic heterocycles. The largest absolute Gasteiger partial charge is 0.504 e. The highest BCUT2D eigenvalue weighted by molar-refractivity contribution is 5.95. The molecule has 0 unspecified atom stereocenters. The summed E-state index contributed by atoms with van der Waals surface area (Å²) in [6.45, 7) is 0. The van der Waals surface area contributed by atoms with E-state index in [2.05, 4.69) is 15.4 Å². The van der Waals surface area contributed by atoms with Gasteiger partial charge < -0.3 is 15.0 Å². The number of para-hydroxylation sites is 1. The van der Waals surface area contributed by atoms with Crippen LogP contribution in [0.3, 0.4) is 0 Å². The quantitative estimate of drug-likeness (QED) is 0.765. The van der Waals surface area contributed by atoms with E-state index >= 15 is 0 Å². The van der Waals surface area contributed by atoms with Crippen LogP contribution in [-0.2, 0) is 0 Å². The number of nitrogens with one attached hydrogen (secondary N) is 1. The van der Waals surface area contributed by atoms with Crippen molar-refractivity contribution in [2.24, 2.45) is 0 Å². The fraction of sp³-hybridized carbons (Fsp3) is 0.278. The number of hydrogen-bond donors (Lipinski definition) is 2. The van der Waals surface area contributed by atoms with E-state index in [1.165, 1.54) is 10.9 Å². The molecule has 1 saturated carbocycles. The molecule has 0 bridgehead atoms.